The summed E-state index contributed by atoms with van der Waals surface area (Å²) in [6.45, 7) is 0. The average Bonchev–Trinajstić information content (AvgIpc) is 2.64. The number of nitrogens with one attached hydrogen (secondary N) is 1. The van der Waals surface area contributed by atoms with E-state index in [4.69, 9.17) is 15.9 Å². The summed E-state index contributed by atoms with van der Waals surface area (Å²) in [6, 6.07) is -1.06. The summed E-state index contributed by atoms with van der Waals surface area (Å²) in [5.41, 5.74) is 5.01. The van der Waals surface area contributed by atoms with Gasteiger partial charge in [-0.2, -0.15) is 0 Å². The predicted octanol–water partition coefficient (Wildman–Crippen LogP) is 3.37. The fourth-order valence-electron chi connectivity index (χ4n) is 3.14. The molecule has 8 heteroatoms. The van der Waals surface area contributed by atoms with E-state index in [2.05, 4.69) is 5.32 Å². The van der Waals surface area contributed by atoms with Gasteiger partial charge in [-0.05, 0) is 19.3 Å². The minimum Gasteiger partial charge on any atom is -0.481 e. The molecule has 0 heterocycles. The highest BCUT2D eigenvalue weighted by Crippen LogP contribution is 2.13. The average molecular weight is 415 g/mol. The predicted molar refractivity (Wildman–Crippen MR) is 110 cm³/mol. The van der Waals surface area contributed by atoms with E-state index < -0.39 is 23.9 Å². The minimum absolute atomic E-state index is 0.0126. The van der Waals surface area contributed by atoms with Gasteiger partial charge in [0, 0.05) is 19.3 Å². The van der Waals surface area contributed by atoms with Crippen molar-refractivity contribution >= 4 is 23.8 Å². The third kappa shape index (κ3) is 19.0. The Morgan fingerprint density at radius 2 is 1.07 bits per heavy atom. The van der Waals surface area contributed by atoms with E-state index in [9.17, 15) is 19.2 Å². The van der Waals surface area contributed by atoms with Gasteiger partial charge in [-0.1, -0.05) is 64.2 Å². The van der Waals surface area contributed by atoms with E-state index in [1.807, 2.05) is 0 Å². The van der Waals surface area contributed by atoms with Gasteiger partial charge in [-0.3, -0.25) is 14.4 Å². The summed E-state index contributed by atoms with van der Waals surface area (Å²) in [4.78, 5) is 44.0. The van der Waals surface area contributed by atoms with Crippen molar-refractivity contribution < 1.29 is 29.4 Å². The SMILES string of the molecule is NC(=O)CC[C@H](NC(=O)CCCCCCCCCCCCCCC(=O)O)C(=O)O. The molecule has 0 aromatic carbocycles. The van der Waals surface area contributed by atoms with Crippen LogP contribution < -0.4 is 11.1 Å². The van der Waals surface area contributed by atoms with Crippen LogP contribution in [0.25, 0.3) is 0 Å². The Morgan fingerprint density at radius 3 is 1.45 bits per heavy atom. The van der Waals surface area contributed by atoms with Crippen LogP contribution in [-0.4, -0.2) is 40.0 Å². The van der Waals surface area contributed by atoms with Crippen LogP contribution in [-0.2, 0) is 19.2 Å². The molecule has 8 nitrogen and oxygen atoms in total. The third-order valence-electron chi connectivity index (χ3n) is 4.86. The minimum atomic E-state index is -1.15. The molecule has 1 atom stereocenters. The molecule has 0 rings (SSSR count). The van der Waals surface area contributed by atoms with Crippen molar-refractivity contribution in [3.8, 4) is 0 Å². The van der Waals surface area contributed by atoms with Crippen molar-refractivity contribution in [2.45, 2.75) is 109 Å². The summed E-state index contributed by atoms with van der Waals surface area (Å²) >= 11 is 0. The second kappa shape index (κ2) is 17.9. The summed E-state index contributed by atoms with van der Waals surface area (Å²) in [6.07, 6.45) is 13.2. The van der Waals surface area contributed by atoms with Crippen LogP contribution >= 0.6 is 0 Å². The first-order valence-corrected chi connectivity index (χ1v) is 10.8. The van der Waals surface area contributed by atoms with Gasteiger partial charge >= 0.3 is 11.9 Å². The molecule has 0 bridgehead atoms. The molecular formula is C21H38N2O6. The largest absolute Gasteiger partial charge is 0.481 e. The number of carboxylic acid groups (broad SMARTS) is 2. The standard InChI is InChI=1S/C21H38N2O6/c22-18(24)16-15-17(21(28)29)23-19(25)13-11-9-7-5-3-1-2-4-6-8-10-12-14-20(26)27/h17H,1-16H2,(H2,22,24)(H,23,25)(H,26,27)(H,28,29)/t17-/m0/s1. The van der Waals surface area contributed by atoms with Gasteiger partial charge in [0.25, 0.3) is 0 Å². The van der Waals surface area contributed by atoms with Gasteiger partial charge in [0.2, 0.25) is 11.8 Å². The molecule has 0 aromatic rings. The number of nitrogens with two attached hydrogens (primary N) is 1. The molecule has 0 unspecified atom stereocenters. The number of amides is 2. The maximum absolute atomic E-state index is 11.8. The molecule has 0 aliphatic heterocycles. The molecule has 5 N–H and O–H groups in total. The van der Waals surface area contributed by atoms with E-state index >= 15 is 0 Å². The lowest BCUT2D eigenvalue weighted by Gasteiger charge is -2.13. The molecular weight excluding hydrogens is 376 g/mol. The van der Waals surface area contributed by atoms with Crippen molar-refractivity contribution in [1.82, 2.24) is 5.32 Å². The number of carbonyl (C=O) groups is 4. The number of unbranched alkanes of at least 4 members (excludes halogenated alkanes) is 11. The normalized spacial score (nSPS) is 11.7. The van der Waals surface area contributed by atoms with Crippen LogP contribution in [0.1, 0.15) is 103 Å². The molecule has 168 valence electrons. The van der Waals surface area contributed by atoms with Crippen molar-refractivity contribution in [2.24, 2.45) is 5.73 Å². The van der Waals surface area contributed by atoms with Gasteiger partial charge in [-0.25, -0.2) is 4.79 Å². The van der Waals surface area contributed by atoms with Gasteiger partial charge in [0.1, 0.15) is 6.04 Å². The first-order valence-electron chi connectivity index (χ1n) is 10.8. The van der Waals surface area contributed by atoms with Crippen LogP contribution in [0.4, 0.5) is 0 Å². The first kappa shape index (κ1) is 26.9. The zero-order chi connectivity index (χ0) is 21.9. The summed E-state index contributed by atoms with van der Waals surface area (Å²) < 4.78 is 0. The van der Waals surface area contributed by atoms with E-state index in [0.717, 1.165) is 44.9 Å². The Hall–Kier alpha value is -2.12. The molecule has 0 radical (unpaired) electrons. The highest BCUT2D eigenvalue weighted by atomic mass is 16.4. The van der Waals surface area contributed by atoms with Crippen LogP contribution in [0, 0.1) is 0 Å². The van der Waals surface area contributed by atoms with Crippen molar-refractivity contribution in [3.63, 3.8) is 0 Å². The van der Waals surface area contributed by atoms with Crippen LogP contribution in [0.15, 0.2) is 0 Å². The molecule has 0 saturated heterocycles. The van der Waals surface area contributed by atoms with E-state index in [0.29, 0.717) is 6.42 Å². The highest BCUT2D eigenvalue weighted by Gasteiger charge is 2.20. The Kier molecular flexibility index (Phi) is 16.6. The van der Waals surface area contributed by atoms with Crippen LogP contribution in [0.2, 0.25) is 0 Å². The maximum atomic E-state index is 11.8. The second-order valence-corrected chi connectivity index (χ2v) is 7.60. The third-order valence-corrected chi connectivity index (χ3v) is 4.86. The van der Waals surface area contributed by atoms with Crippen molar-refractivity contribution in [1.29, 1.82) is 0 Å². The Balaban J connectivity index is 3.48. The zero-order valence-electron chi connectivity index (χ0n) is 17.5. The highest BCUT2D eigenvalue weighted by molar-refractivity contribution is 5.84. The summed E-state index contributed by atoms with van der Waals surface area (Å²) in [7, 11) is 0. The summed E-state index contributed by atoms with van der Waals surface area (Å²) in [5.74, 6) is -2.75. The number of rotatable bonds is 20. The zero-order valence-corrected chi connectivity index (χ0v) is 17.5. The number of primary amides is 1. The number of carboxylic acids is 2. The maximum Gasteiger partial charge on any atom is 0.326 e. The molecule has 0 fully saturated rings. The Labute approximate surface area is 173 Å². The molecule has 0 aliphatic rings. The lowest BCUT2D eigenvalue weighted by molar-refractivity contribution is -0.142. The van der Waals surface area contributed by atoms with Crippen LogP contribution in [0.3, 0.4) is 0 Å². The number of hydrogen-bond acceptors (Lipinski definition) is 4. The number of carbonyl (C=O) groups excluding carboxylic acids is 2. The van der Waals surface area contributed by atoms with Gasteiger partial charge in [0.05, 0.1) is 0 Å². The van der Waals surface area contributed by atoms with E-state index in [1.54, 1.807) is 0 Å². The lowest BCUT2D eigenvalue weighted by Crippen LogP contribution is -2.41. The second-order valence-electron chi connectivity index (χ2n) is 7.60. The smallest absolute Gasteiger partial charge is 0.326 e. The molecule has 29 heavy (non-hydrogen) atoms. The lowest BCUT2D eigenvalue weighted by atomic mass is 10.0. The van der Waals surface area contributed by atoms with Crippen molar-refractivity contribution in [3.05, 3.63) is 0 Å². The van der Waals surface area contributed by atoms with Gasteiger partial charge in [-0.15, -0.1) is 0 Å². The fraction of sp³-hybridized carbons (Fsp3) is 0.810. The number of hydrogen-bond donors (Lipinski definition) is 4. The molecule has 0 spiro atoms. The Morgan fingerprint density at radius 1 is 0.655 bits per heavy atom. The fourth-order valence-corrected chi connectivity index (χ4v) is 3.14. The van der Waals surface area contributed by atoms with Gasteiger partial charge < -0.3 is 21.3 Å². The molecule has 0 saturated carbocycles. The quantitative estimate of drug-likeness (QED) is 0.225. The number of aliphatic carboxylic acids is 2. The Bertz CT molecular complexity index is 496. The topological polar surface area (TPSA) is 147 Å². The first-order chi connectivity index (χ1) is 13.8. The molecule has 2 amide bonds. The van der Waals surface area contributed by atoms with Crippen LogP contribution in [0.5, 0.6) is 0 Å². The van der Waals surface area contributed by atoms with Crippen molar-refractivity contribution in [2.75, 3.05) is 0 Å². The molecule has 0 aromatic heterocycles. The summed E-state index contributed by atoms with van der Waals surface area (Å²) in [5, 5.41) is 20.0. The van der Waals surface area contributed by atoms with E-state index in [-0.39, 0.29) is 25.2 Å². The van der Waals surface area contributed by atoms with Gasteiger partial charge in [0.15, 0.2) is 0 Å². The molecule has 0 aliphatic carbocycles. The monoisotopic (exact) mass is 414 g/mol. The van der Waals surface area contributed by atoms with E-state index in [1.165, 1.54) is 32.1 Å².